The summed E-state index contributed by atoms with van der Waals surface area (Å²) >= 11 is 0. The van der Waals surface area contributed by atoms with Gasteiger partial charge in [-0.15, -0.1) is 0 Å². The van der Waals surface area contributed by atoms with E-state index >= 15 is 0 Å². The number of anilines is 1. The van der Waals surface area contributed by atoms with E-state index in [2.05, 4.69) is 17.2 Å². The number of fused-ring (bicyclic) bond motifs is 1. The Balaban J connectivity index is 1.69. The number of amides is 1. The van der Waals surface area contributed by atoms with Gasteiger partial charge in [0.2, 0.25) is 5.91 Å². The van der Waals surface area contributed by atoms with Crippen molar-refractivity contribution in [3.63, 3.8) is 0 Å². The molecule has 0 atom stereocenters. The molecule has 0 aliphatic rings. The lowest BCUT2D eigenvalue weighted by atomic mass is 10.1. The summed E-state index contributed by atoms with van der Waals surface area (Å²) in [6, 6.07) is 17.9. The van der Waals surface area contributed by atoms with Crippen molar-refractivity contribution in [2.45, 2.75) is 26.4 Å². The Morgan fingerprint density at radius 2 is 1.67 bits per heavy atom. The smallest absolute Gasteiger partial charge is 0.332 e. The van der Waals surface area contributed by atoms with Gasteiger partial charge >= 0.3 is 5.69 Å². The molecule has 2 heterocycles. The molecule has 0 aliphatic carbocycles. The number of ether oxygens (including phenoxy) is 1. The van der Waals surface area contributed by atoms with E-state index in [1.165, 1.54) is 10.8 Å². The van der Waals surface area contributed by atoms with Gasteiger partial charge < -0.3 is 10.1 Å². The molecular formula is C25H24N4O4. The number of nitrogens with one attached hydrogen (secondary N) is 1. The molecule has 0 radical (unpaired) electrons. The van der Waals surface area contributed by atoms with Gasteiger partial charge in [0.25, 0.3) is 5.56 Å². The first-order valence-electron chi connectivity index (χ1n) is 10.6. The van der Waals surface area contributed by atoms with Crippen LogP contribution in [0.3, 0.4) is 0 Å². The van der Waals surface area contributed by atoms with Crippen molar-refractivity contribution >= 4 is 22.6 Å². The third kappa shape index (κ3) is 4.69. The van der Waals surface area contributed by atoms with Crippen molar-refractivity contribution in [3.05, 3.63) is 98.8 Å². The third-order valence-corrected chi connectivity index (χ3v) is 5.43. The molecule has 0 fully saturated rings. The minimum atomic E-state index is -0.576. The second-order valence-corrected chi connectivity index (χ2v) is 7.58. The number of hydrogen-bond acceptors (Lipinski definition) is 5. The minimum absolute atomic E-state index is 0.0499. The van der Waals surface area contributed by atoms with Crippen molar-refractivity contribution in [2.24, 2.45) is 0 Å². The summed E-state index contributed by atoms with van der Waals surface area (Å²) in [5, 5.41) is 2.81. The lowest BCUT2D eigenvalue weighted by molar-refractivity contribution is -0.116. The highest BCUT2D eigenvalue weighted by Gasteiger charge is 2.16. The highest BCUT2D eigenvalue weighted by atomic mass is 16.5. The summed E-state index contributed by atoms with van der Waals surface area (Å²) in [6.45, 7) is 1.85. The van der Waals surface area contributed by atoms with Crippen LogP contribution in [0.5, 0.6) is 5.75 Å². The number of carbonyl (C=O) groups excluding carboxylic acids is 1. The molecule has 2 aromatic carbocycles. The SMILES string of the molecule is CCc1ccc(NC(=O)Cn2c(=O)n(Cc3ccc(OC)cc3)c(=O)c3ncccc32)cc1. The predicted molar refractivity (Wildman–Crippen MR) is 127 cm³/mol. The second kappa shape index (κ2) is 9.52. The van der Waals surface area contributed by atoms with Gasteiger partial charge in [0.05, 0.1) is 19.2 Å². The van der Waals surface area contributed by atoms with Crippen LogP contribution in [0, 0.1) is 0 Å². The summed E-state index contributed by atoms with van der Waals surface area (Å²) in [7, 11) is 1.57. The zero-order chi connectivity index (χ0) is 23.4. The first kappa shape index (κ1) is 22.0. The van der Waals surface area contributed by atoms with E-state index in [1.54, 1.807) is 43.5 Å². The van der Waals surface area contributed by atoms with Crippen LogP contribution in [0.1, 0.15) is 18.1 Å². The number of carbonyl (C=O) groups is 1. The normalized spacial score (nSPS) is 10.8. The molecule has 8 heteroatoms. The number of aryl methyl sites for hydroxylation is 1. The number of methoxy groups -OCH3 is 1. The number of hydrogen-bond donors (Lipinski definition) is 1. The van der Waals surface area contributed by atoms with E-state index < -0.39 is 11.2 Å². The van der Waals surface area contributed by atoms with Gasteiger partial charge in [-0.1, -0.05) is 31.2 Å². The summed E-state index contributed by atoms with van der Waals surface area (Å²) in [5.41, 5.74) is 1.91. The topological polar surface area (TPSA) is 95.2 Å². The Morgan fingerprint density at radius 1 is 0.970 bits per heavy atom. The maximum atomic E-state index is 13.3. The first-order valence-corrected chi connectivity index (χ1v) is 10.6. The van der Waals surface area contributed by atoms with Crippen LogP contribution < -0.4 is 21.3 Å². The van der Waals surface area contributed by atoms with Crippen molar-refractivity contribution in [3.8, 4) is 5.75 Å². The minimum Gasteiger partial charge on any atom is -0.497 e. The van der Waals surface area contributed by atoms with E-state index in [-0.39, 0.29) is 24.5 Å². The van der Waals surface area contributed by atoms with Crippen LogP contribution >= 0.6 is 0 Å². The molecule has 2 aromatic heterocycles. The fourth-order valence-electron chi connectivity index (χ4n) is 3.62. The number of aromatic nitrogens is 3. The molecule has 1 amide bonds. The Hall–Kier alpha value is -4.20. The quantitative estimate of drug-likeness (QED) is 0.473. The van der Waals surface area contributed by atoms with E-state index in [4.69, 9.17) is 4.74 Å². The van der Waals surface area contributed by atoms with E-state index in [0.29, 0.717) is 17.0 Å². The van der Waals surface area contributed by atoms with Gasteiger partial charge in [0.15, 0.2) is 5.52 Å². The molecule has 4 aromatic rings. The highest BCUT2D eigenvalue weighted by Crippen LogP contribution is 2.13. The summed E-state index contributed by atoms with van der Waals surface area (Å²) in [4.78, 5) is 43.3. The predicted octanol–water partition coefficient (Wildman–Crippen LogP) is 2.82. The molecule has 168 valence electrons. The van der Waals surface area contributed by atoms with Crippen LogP contribution in [0.15, 0.2) is 76.4 Å². The summed E-state index contributed by atoms with van der Waals surface area (Å²) in [6.07, 6.45) is 2.39. The van der Waals surface area contributed by atoms with Gasteiger partial charge in [-0.05, 0) is 53.9 Å². The van der Waals surface area contributed by atoms with E-state index in [9.17, 15) is 14.4 Å². The van der Waals surface area contributed by atoms with Crippen LogP contribution in [0.2, 0.25) is 0 Å². The fraction of sp³-hybridized carbons (Fsp3) is 0.200. The average molecular weight is 444 g/mol. The monoisotopic (exact) mass is 444 g/mol. The zero-order valence-electron chi connectivity index (χ0n) is 18.4. The molecule has 0 saturated carbocycles. The van der Waals surface area contributed by atoms with Crippen molar-refractivity contribution in [1.29, 1.82) is 0 Å². The molecular weight excluding hydrogens is 420 g/mol. The van der Waals surface area contributed by atoms with Crippen molar-refractivity contribution in [2.75, 3.05) is 12.4 Å². The van der Waals surface area contributed by atoms with E-state index in [1.807, 2.05) is 24.3 Å². The second-order valence-electron chi connectivity index (χ2n) is 7.58. The highest BCUT2D eigenvalue weighted by molar-refractivity contribution is 5.91. The molecule has 33 heavy (non-hydrogen) atoms. The van der Waals surface area contributed by atoms with Crippen LogP contribution in [-0.2, 0) is 24.3 Å². The Kier molecular flexibility index (Phi) is 6.35. The molecule has 0 saturated heterocycles. The van der Waals surface area contributed by atoms with Crippen LogP contribution in [0.25, 0.3) is 11.0 Å². The summed E-state index contributed by atoms with van der Waals surface area (Å²) < 4.78 is 7.54. The average Bonchev–Trinajstić information content (AvgIpc) is 2.85. The Labute approximate surface area is 190 Å². The van der Waals surface area contributed by atoms with Crippen LogP contribution in [-0.4, -0.2) is 27.1 Å². The molecule has 1 N–H and O–H groups in total. The molecule has 0 bridgehead atoms. The van der Waals surface area contributed by atoms with Gasteiger partial charge in [-0.25, -0.2) is 9.78 Å². The first-order chi connectivity index (χ1) is 16.0. The zero-order valence-corrected chi connectivity index (χ0v) is 18.4. The van der Waals surface area contributed by atoms with Gasteiger partial charge in [-0.3, -0.25) is 18.7 Å². The Morgan fingerprint density at radius 3 is 2.33 bits per heavy atom. The molecule has 0 unspecified atom stereocenters. The molecule has 0 spiro atoms. The standard InChI is InChI=1S/C25H24N4O4/c1-3-17-6-10-19(11-7-17)27-22(30)16-28-21-5-4-14-26-23(21)24(31)29(25(28)32)15-18-8-12-20(33-2)13-9-18/h4-14H,3,15-16H2,1-2H3,(H,27,30). The van der Waals surface area contributed by atoms with Gasteiger partial charge in [0.1, 0.15) is 12.3 Å². The maximum absolute atomic E-state index is 13.3. The Bertz CT molecular complexity index is 1400. The summed E-state index contributed by atoms with van der Waals surface area (Å²) in [5.74, 6) is 0.300. The van der Waals surface area contributed by atoms with Crippen molar-refractivity contribution < 1.29 is 9.53 Å². The number of nitrogens with zero attached hydrogens (tertiary/aromatic N) is 3. The fourth-order valence-corrected chi connectivity index (χ4v) is 3.62. The molecule has 8 nitrogen and oxygen atoms in total. The van der Waals surface area contributed by atoms with Gasteiger partial charge in [-0.2, -0.15) is 0 Å². The van der Waals surface area contributed by atoms with Crippen molar-refractivity contribution in [1.82, 2.24) is 14.1 Å². The lowest BCUT2D eigenvalue weighted by Gasteiger charge is -2.14. The molecule has 0 aliphatic heterocycles. The van der Waals surface area contributed by atoms with Gasteiger partial charge in [0, 0.05) is 11.9 Å². The number of pyridine rings is 1. The van der Waals surface area contributed by atoms with E-state index in [0.717, 1.165) is 22.1 Å². The number of rotatable bonds is 7. The maximum Gasteiger partial charge on any atom is 0.332 e. The number of benzene rings is 2. The lowest BCUT2D eigenvalue weighted by Crippen LogP contribution is -2.42. The molecule has 4 rings (SSSR count). The van der Waals surface area contributed by atoms with Crippen LogP contribution in [0.4, 0.5) is 5.69 Å². The third-order valence-electron chi connectivity index (χ3n) is 5.43. The largest absolute Gasteiger partial charge is 0.497 e.